The zero-order valence-electron chi connectivity index (χ0n) is 17.4. The number of ether oxygens (including phenoxy) is 2. The highest BCUT2D eigenvalue weighted by molar-refractivity contribution is 6.25. The van der Waals surface area contributed by atoms with Crippen molar-refractivity contribution in [2.45, 2.75) is 64.6 Å². The molecule has 0 unspecified atom stereocenters. The van der Waals surface area contributed by atoms with Crippen molar-refractivity contribution >= 4 is 11.6 Å². The van der Waals surface area contributed by atoms with Crippen LogP contribution in [0, 0.1) is 5.92 Å². The fourth-order valence-corrected chi connectivity index (χ4v) is 3.92. The number of rotatable bonds is 10. The summed E-state index contributed by atoms with van der Waals surface area (Å²) in [6.45, 7) is 3.62. The number of pyridine rings is 1. The smallest absolute Gasteiger partial charge is 0.137 e. The van der Waals surface area contributed by atoms with Gasteiger partial charge in [-0.3, -0.25) is 4.98 Å². The van der Waals surface area contributed by atoms with Crippen LogP contribution in [0.5, 0.6) is 5.75 Å². The van der Waals surface area contributed by atoms with Gasteiger partial charge in [0.2, 0.25) is 0 Å². The van der Waals surface area contributed by atoms with Gasteiger partial charge in [-0.05, 0) is 55.7 Å². The average Bonchev–Trinajstić information content (AvgIpc) is 2.77. The third-order valence-electron chi connectivity index (χ3n) is 5.55. The van der Waals surface area contributed by atoms with Crippen LogP contribution in [0.4, 0.5) is 0 Å². The van der Waals surface area contributed by atoms with E-state index in [1.807, 2.05) is 18.3 Å². The molecule has 1 aromatic heterocycles. The lowest BCUT2D eigenvalue weighted by atomic mass is 9.87. The van der Waals surface area contributed by atoms with Crippen LogP contribution in [0.15, 0.2) is 54.2 Å². The molecular weight excluding hydrogens is 382 g/mol. The first-order valence-electron chi connectivity index (χ1n) is 10.8. The molecule has 0 radical (unpaired) electrons. The molecule has 0 aliphatic heterocycles. The zero-order valence-corrected chi connectivity index (χ0v) is 18.1. The Bertz CT molecular complexity index is 734. The lowest BCUT2D eigenvalue weighted by Gasteiger charge is -2.26. The van der Waals surface area contributed by atoms with Gasteiger partial charge >= 0.3 is 0 Å². The summed E-state index contributed by atoms with van der Waals surface area (Å²) < 4.78 is 11.9. The molecule has 0 saturated heterocycles. The number of hydrogen-bond acceptors (Lipinski definition) is 3. The Morgan fingerprint density at radius 1 is 1.03 bits per heavy atom. The Labute approximate surface area is 180 Å². The molecule has 156 valence electrons. The van der Waals surface area contributed by atoms with Gasteiger partial charge in [-0.15, -0.1) is 0 Å². The van der Waals surface area contributed by atoms with Gasteiger partial charge < -0.3 is 9.47 Å². The van der Waals surface area contributed by atoms with Gasteiger partial charge in [-0.1, -0.05) is 61.7 Å². The first-order chi connectivity index (χ1) is 14.3. The predicted molar refractivity (Wildman–Crippen MR) is 120 cm³/mol. The number of allylic oxidation sites excluding steroid dienone is 1. The second-order valence-electron chi connectivity index (χ2n) is 7.80. The number of unbranched alkanes of at least 4 members (excludes halogenated alkanes) is 2. The SMILES string of the molecule is CCCCCOc1ccc(-c2ccc(COC3CCC(/C=C/Cl)CC3)cc2)nc1. The van der Waals surface area contributed by atoms with Crippen LogP contribution in [0.2, 0.25) is 0 Å². The molecule has 4 heteroatoms. The van der Waals surface area contributed by atoms with Gasteiger partial charge in [0, 0.05) is 11.1 Å². The molecule has 0 amide bonds. The van der Waals surface area contributed by atoms with Crippen molar-refractivity contribution in [1.82, 2.24) is 4.98 Å². The largest absolute Gasteiger partial charge is 0.492 e. The van der Waals surface area contributed by atoms with Gasteiger partial charge in [-0.2, -0.15) is 0 Å². The van der Waals surface area contributed by atoms with Crippen LogP contribution in [-0.2, 0) is 11.3 Å². The third-order valence-corrected chi connectivity index (χ3v) is 5.70. The van der Waals surface area contributed by atoms with Crippen LogP contribution >= 0.6 is 11.6 Å². The van der Waals surface area contributed by atoms with Crippen molar-refractivity contribution in [1.29, 1.82) is 0 Å². The lowest BCUT2D eigenvalue weighted by Crippen LogP contribution is -2.20. The van der Waals surface area contributed by atoms with E-state index in [4.69, 9.17) is 21.1 Å². The molecule has 1 saturated carbocycles. The monoisotopic (exact) mass is 413 g/mol. The fourth-order valence-electron chi connectivity index (χ4n) is 3.71. The molecule has 3 nitrogen and oxygen atoms in total. The minimum absolute atomic E-state index is 0.362. The Morgan fingerprint density at radius 3 is 2.48 bits per heavy atom. The van der Waals surface area contributed by atoms with Crippen molar-refractivity contribution in [3.8, 4) is 17.0 Å². The van der Waals surface area contributed by atoms with Crippen molar-refractivity contribution in [2.75, 3.05) is 6.61 Å². The first-order valence-corrected chi connectivity index (χ1v) is 11.3. The van der Waals surface area contributed by atoms with E-state index >= 15 is 0 Å². The van der Waals surface area contributed by atoms with E-state index in [2.05, 4.69) is 42.2 Å². The van der Waals surface area contributed by atoms with E-state index in [9.17, 15) is 0 Å². The standard InChI is InChI=1S/C25H32ClNO2/c1-2-3-4-17-28-24-13-14-25(27-18-24)22-9-5-21(6-10-22)19-29-23-11-7-20(8-12-23)15-16-26/h5-6,9-10,13-16,18,20,23H,2-4,7-8,11-12,17,19H2,1H3/b16-15+. The van der Waals surface area contributed by atoms with Crippen LogP contribution in [0.25, 0.3) is 11.3 Å². The number of hydrogen-bond donors (Lipinski definition) is 0. The van der Waals surface area contributed by atoms with E-state index in [-0.39, 0.29) is 0 Å². The molecule has 0 bridgehead atoms. The van der Waals surface area contributed by atoms with Crippen molar-refractivity contribution in [3.63, 3.8) is 0 Å². The minimum atomic E-state index is 0.362. The second-order valence-corrected chi connectivity index (χ2v) is 8.05. The summed E-state index contributed by atoms with van der Waals surface area (Å²) in [6.07, 6.45) is 12.3. The van der Waals surface area contributed by atoms with Gasteiger partial charge in [-0.25, -0.2) is 0 Å². The lowest BCUT2D eigenvalue weighted by molar-refractivity contribution is 0.0111. The van der Waals surface area contributed by atoms with Gasteiger partial charge in [0.15, 0.2) is 0 Å². The Kier molecular flexibility index (Phi) is 9.04. The summed E-state index contributed by atoms with van der Waals surface area (Å²) >= 11 is 5.69. The van der Waals surface area contributed by atoms with Gasteiger partial charge in [0.1, 0.15) is 5.75 Å². The van der Waals surface area contributed by atoms with Gasteiger partial charge in [0.25, 0.3) is 0 Å². The maximum atomic E-state index is 6.12. The summed E-state index contributed by atoms with van der Waals surface area (Å²) in [5, 5.41) is 0. The number of aromatic nitrogens is 1. The molecule has 2 aromatic rings. The average molecular weight is 414 g/mol. The fraction of sp³-hybridized carbons (Fsp3) is 0.480. The summed E-state index contributed by atoms with van der Waals surface area (Å²) in [6, 6.07) is 12.5. The molecular formula is C25H32ClNO2. The molecule has 3 rings (SSSR count). The van der Waals surface area contributed by atoms with E-state index in [1.54, 1.807) is 5.54 Å². The molecule has 1 aliphatic carbocycles. The van der Waals surface area contributed by atoms with Crippen LogP contribution in [-0.4, -0.2) is 17.7 Å². The second kappa shape index (κ2) is 12.0. The Hall–Kier alpha value is -1.84. The number of halogens is 1. The summed E-state index contributed by atoms with van der Waals surface area (Å²) in [7, 11) is 0. The summed E-state index contributed by atoms with van der Waals surface area (Å²) in [5.41, 5.74) is 4.92. The topological polar surface area (TPSA) is 31.4 Å². The van der Waals surface area contributed by atoms with Crippen molar-refractivity contribution < 1.29 is 9.47 Å². The maximum Gasteiger partial charge on any atom is 0.137 e. The molecule has 0 spiro atoms. The molecule has 1 heterocycles. The van der Waals surface area contributed by atoms with E-state index in [0.29, 0.717) is 18.6 Å². The van der Waals surface area contributed by atoms with E-state index in [1.165, 1.54) is 18.4 Å². The normalized spacial score (nSPS) is 19.5. The molecule has 0 N–H and O–H groups in total. The highest BCUT2D eigenvalue weighted by Crippen LogP contribution is 2.28. The zero-order chi connectivity index (χ0) is 20.3. The van der Waals surface area contributed by atoms with Crippen LogP contribution in [0.3, 0.4) is 0 Å². The highest BCUT2D eigenvalue weighted by Gasteiger charge is 2.19. The number of nitrogens with zero attached hydrogens (tertiary/aromatic N) is 1. The van der Waals surface area contributed by atoms with Crippen molar-refractivity contribution in [3.05, 3.63) is 59.8 Å². The predicted octanol–water partition coefficient (Wildman–Crippen LogP) is 7.15. The quantitative estimate of drug-likeness (QED) is 0.387. The Morgan fingerprint density at radius 2 is 1.83 bits per heavy atom. The third kappa shape index (κ3) is 7.17. The van der Waals surface area contributed by atoms with E-state index in [0.717, 1.165) is 55.7 Å². The summed E-state index contributed by atoms with van der Waals surface area (Å²) in [5.74, 6) is 1.46. The molecule has 29 heavy (non-hydrogen) atoms. The van der Waals surface area contributed by atoms with Gasteiger partial charge in [0.05, 0.1) is 31.2 Å². The van der Waals surface area contributed by atoms with E-state index < -0.39 is 0 Å². The number of benzene rings is 1. The first kappa shape index (κ1) is 21.9. The molecule has 1 fully saturated rings. The van der Waals surface area contributed by atoms with Crippen LogP contribution < -0.4 is 4.74 Å². The minimum Gasteiger partial charge on any atom is -0.492 e. The molecule has 1 aromatic carbocycles. The maximum absolute atomic E-state index is 6.12. The molecule has 1 aliphatic rings. The Balaban J connectivity index is 1.45. The molecule has 0 atom stereocenters. The van der Waals surface area contributed by atoms with Crippen molar-refractivity contribution in [2.24, 2.45) is 5.92 Å². The highest BCUT2D eigenvalue weighted by atomic mass is 35.5. The van der Waals surface area contributed by atoms with Crippen LogP contribution in [0.1, 0.15) is 57.4 Å². The summed E-state index contributed by atoms with van der Waals surface area (Å²) in [4.78, 5) is 4.55.